The van der Waals surface area contributed by atoms with Crippen LogP contribution in [0, 0.1) is 0 Å². The van der Waals surface area contributed by atoms with Crippen molar-refractivity contribution in [1.29, 1.82) is 0 Å². The molecule has 0 atom stereocenters. The molecular formula is C15H16ClN3O. The molecule has 0 spiro atoms. The SMILES string of the molecule is CCc1c(C(C)C)[nH]c2nc3ccc(Cl)cc3n2c1=O. The van der Waals surface area contributed by atoms with Gasteiger partial charge in [-0.3, -0.25) is 4.79 Å². The largest absolute Gasteiger partial charge is 0.328 e. The quantitative estimate of drug-likeness (QED) is 0.785. The van der Waals surface area contributed by atoms with E-state index in [1.165, 1.54) is 0 Å². The van der Waals surface area contributed by atoms with E-state index in [0.717, 1.165) is 22.3 Å². The van der Waals surface area contributed by atoms with E-state index >= 15 is 0 Å². The molecule has 4 nitrogen and oxygen atoms in total. The van der Waals surface area contributed by atoms with Crippen LogP contribution in [0.1, 0.15) is 37.9 Å². The van der Waals surface area contributed by atoms with Crippen LogP contribution in [0.25, 0.3) is 16.8 Å². The fraction of sp³-hybridized carbons (Fsp3) is 0.333. The lowest BCUT2D eigenvalue weighted by Crippen LogP contribution is -2.22. The highest BCUT2D eigenvalue weighted by molar-refractivity contribution is 6.31. The van der Waals surface area contributed by atoms with Gasteiger partial charge in [-0.25, -0.2) is 9.38 Å². The third-order valence-corrected chi connectivity index (χ3v) is 3.82. The molecule has 2 heterocycles. The van der Waals surface area contributed by atoms with E-state index in [-0.39, 0.29) is 11.5 Å². The van der Waals surface area contributed by atoms with Crippen molar-refractivity contribution in [2.75, 3.05) is 0 Å². The summed E-state index contributed by atoms with van der Waals surface area (Å²) in [7, 11) is 0. The zero-order valence-corrected chi connectivity index (χ0v) is 12.5. The minimum absolute atomic E-state index is 0.00489. The maximum atomic E-state index is 12.7. The van der Waals surface area contributed by atoms with Gasteiger partial charge in [0.2, 0.25) is 5.78 Å². The van der Waals surface area contributed by atoms with Crippen molar-refractivity contribution in [3.63, 3.8) is 0 Å². The first-order valence-corrected chi connectivity index (χ1v) is 7.13. The molecule has 2 aromatic heterocycles. The molecule has 3 aromatic rings. The van der Waals surface area contributed by atoms with Crippen LogP contribution >= 0.6 is 11.6 Å². The van der Waals surface area contributed by atoms with Crippen molar-refractivity contribution in [1.82, 2.24) is 14.4 Å². The summed E-state index contributed by atoms with van der Waals surface area (Å²) < 4.78 is 1.62. The van der Waals surface area contributed by atoms with Gasteiger partial charge in [0.05, 0.1) is 11.0 Å². The summed E-state index contributed by atoms with van der Waals surface area (Å²) in [6, 6.07) is 5.39. The minimum atomic E-state index is -0.00489. The number of hydrogen-bond acceptors (Lipinski definition) is 2. The van der Waals surface area contributed by atoms with Crippen LogP contribution in [0.4, 0.5) is 0 Å². The van der Waals surface area contributed by atoms with Crippen molar-refractivity contribution in [2.24, 2.45) is 0 Å². The van der Waals surface area contributed by atoms with E-state index in [1.54, 1.807) is 16.5 Å². The number of benzene rings is 1. The Hall–Kier alpha value is -1.81. The van der Waals surface area contributed by atoms with Crippen LogP contribution in [0.3, 0.4) is 0 Å². The maximum absolute atomic E-state index is 12.7. The second kappa shape index (κ2) is 4.63. The van der Waals surface area contributed by atoms with Gasteiger partial charge in [0.1, 0.15) is 0 Å². The number of halogens is 1. The molecule has 0 aliphatic rings. The molecule has 1 N–H and O–H groups in total. The lowest BCUT2D eigenvalue weighted by Gasteiger charge is -2.11. The maximum Gasteiger partial charge on any atom is 0.262 e. The topological polar surface area (TPSA) is 50.2 Å². The van der Waals surface area contributed by atoms with Crippen LogP contribution in [0.2, 0.25) is 5.02 Å². The van der Waals surface area contributed by atoms with Crippen molar-refractivity contribution in [3.05, 3.63) is 44.8 Å². The third kappa shape index (κ3) is 1.83. The van der Waals surface area contributed by atoms with Crippen LogP contribution in [-0.2, 0) is 6.42 Å². The summed E-state index contributed by atoms with van der Waals surface area (Å²) >= 11 is 6.03. The molecule has 20 heavy (non-hydrogen) atoms. The number of imidazole rings is 1. The number of rotatable bonds is 2. The van der Waals surface area contributed by atoms with Gasteiger partial charge < -0.3 is 4.98 Å². The van der Waals surface area contributed by atoms with E-state index in [2.05, 4.69) is 23.8 Å². The summed E-state index contributed by atoms with van der Waals surface area (Å²) in [5.41, 5.74) is 3.29. The first-order chi connectivity index (χ1) is 9.52. The van der Waals surface area contributed by atoms with Crippen molar-refractivity contribution in [3.8, 4) is 0 Å². The first-order valence-electron chi connectivity index (χ1n) is 6.75. The Balaban J connectivity index is 2.52. The summed E-state index contributed by atoms with van der Waals surface area (Å²) in [5, 5.41) is 0.602. The zero-order chi connectivity index (χ0) is 14.4. The summed E-state index contributed by atoms with van der Waals surface area (Å²) in [4.78, 5) is 20.5. The van der Waals surface area contributed by atoms with Crippen molar-refractivity contribution < 1.29 is 0 Å². The molecule has 0 bridgehead atoms. The van der Waals surface area contributed by atoms with Crippen molar-refractivity contribution in [2.45, 2.75) is 33.1 Å². The molecule has 3 rings (SSSR count). The van der Waals surface area contributed by atoms with E-state index < -0.39 is 0 Å². The normalized spacial score (nSPS) is 11.8. The molecular weight excluding hydrogens is 274 g/mol. The number of aromatic amines is 1. The van der Waals surface area contributed by atoms with Gasteiger partial charge in [-0.05, 0) is 30.5 Å². The van der Waals surface area contributed by atoms with Crippen LogP contribution in [0.15, 0.2) is 23.0 Å². The molecule has 0 saturated heterocycles. The predicted octanol–water partition coefficient (Wildman–Crippen LogP) is 3.52. The average molecular weight is 290 g/mol. The van der Waals surface area contributed by atoms with E-state index in [0.29, 0.717) is 17.2 Å². The Labute approximate surface area is 121 Å². The lowest BCUT2D eigenvalue weighted by atomic mass is 10.0. The van der Waals surface area contributed by atoms with Gasteiger partial charge >= 0.3 is 0 Å². The standard InChI is InChI=1S/C15H16ClN3O/c1-4-10-13(8(2)3)18-15-17-11-6-5-9(16)7-12(11)19(15)14(10)20/h5-8H,4H2,1-3H3,(H,17,18). The second-order valence-corrected chi connectivity index (χ2v) is 5.67. The highest BCUT2D eigenvalue weighted by Gasteiger charge is 2.16. The fourth-order valence-corrected chi connectivity index (χ4v) is 2.78. The Bertz CT molecular complexity index is 861. The number of H-pyrrole nitrogens is 1. The first kappa shape index (κ1) is 13.2. The van der Waals surface area contributed by atoms with Gasteiger partial charge in [0.15, 0.2) is 0 Å². The summed E-state index contributed by atoms with van der Waals surface area (Å²) in [5.74, 6) is 0.833. The molecule has 0 saturated carbocycles. The summed E-state index contributed by atoms with van der Waals surface area (Å²) in [6.45, 7) is 6.13. The Morgan fingerprint density at radius 3 is 2.80 bits per heavy atom. The average Bonchev–Trinajstić information content (AvgIpc) is 2.76. The second-order valence-electron chi connectivity index (χ2n) is 5.23. The third-order valence-electron chi connectivity index (χ3n) is 3.58. The van der Waals surface area contributed by atoms with Gasteiger partial charge in [-0.15, -0.1) is 0 Å². The molecule has 0 aliphatic carbocycles. The monoisotopic (exact) mass is 289 g/mol. The summed E-state index contributed by atoms with van der Waals surface area (Å²) in [6.07, 6.45) is 0.693. The zero-order valence-electron chi connectivity index (χ0n) is 11.7. The van der Waals surface area contributed by atoms with Crippen LogP contribution in [-0.4, -0.2) is 14.4 Å². The highest BCUT2D eigenvalue weighted by Crippen LogP contribution is 2.21. The number of nitrogens with one attached hydrogen (secondary N) is 1. The molecule has 0 radical (unpaired) electrons. The van der Waals surface area contributed by atoms with E-state index in [1.807, 2.05) is 13.0 Å². The van der Waals surface area contributed by atoms with Gasteiger partial charge in [-0.2, -0.15) is 0 Å². The molecule has 0 amide bonds. The minimum Gasteiger partial charge on any atom is -0.328 e. The van der Waals surface area contributed by atoms with Crippen LogP contribution in [0.5, 0.6) is 0 Å². The smallest absolute Gasteiger partial charge is 0.262 e. The molecule has 0 unspecified atom stereocenters. The van der Waals surface area contributed by atoms with Gasteiger partial charge in [0, 0.05) is 16.3 Å². The van der Waals surface area contributed by atoms with Gasteiger partial charge in [-0.1, -0.05) is 32.4 Å². The van der Waals surface area contributed by atoms with E-state index in [4.69, 9.17) is 11.6 Å². The molecule has 104 valence electrons. The Kier molecular flexibility index (Phi) is 3.05. The van der Waals surface area contributed by atoms with Crippen molar-refractivity contribution >= 4 is 28.4 Å². The number of aromatic nitrogens is 3. The number of fused-ring (bicyclic) bond motifs is 3. The lowest BCUT2D eigenvalue weighted by molar-refractivity contribution is 0.783. The number of hydrogen-bond donors (Lipinski definition) is 1. The molecule has 0 aliphatic heterocycles. The fourth-order valence-electron chi connectivity index (χ4n) is 2.62. The van der Waals surface area contributed by atoms with Crippen LogP contribution < -0.4 is 5.56 Å². The highest BCUT2D eigenvalue weighted by atomic mass is 35.5. The molecule has 0 fully saturated rings. The molecule has 5 heteroatoms. The van der Waals surface area contributed by atoms with Gasteiger partial charge in [0.25, 0.3) is 5.56 Å². The Morgan fingerprint density at radius 2 is 2.15 bits per heavy atom. The molecule has 1 aromatic carbocycles. The predicted molar refractivity (Wildman–Crippen MR) is 81.8 cm³/mol. The Morgan fingerprint density at radius 1 is 1.40 bits per heavy atom. The van der Waals surface area contributed by atoms with E-state index in [9.17, 15) is 4.79 Å². The number of nitrogens with zero attached hydrogens (tertiary/aromatic N) is 2.